The highest BCUT2D eigenvalue weighted by Crippen LogP contribution is 2.48. The second-order valence-corrected chi connectivity index (χ2v) is 7.00. The molecule has 1 aromatic rings. The summed E-state index contributed by atoms with van der Waals surface area (Å²) in [5, 5.41) is 0. The molecule has 2 fully saturated rings. The normalized spacial score (nSPS) is 29.5. The van der Waals surface area contributed by atoms with Crippen molar-refractivity contribution >= 4 is 29.4 Å². The van der Waals surface area contributed by atoms with Gasteiger partial charge in [0.2, 0.25) is 11.8 Å². The van der Waals surface area contributed by atoms with Crippen LogP contribution in [0.2, 0.25) is 0 Å². The van der Waals surface area contributed by atoms with E-state index in [0.29, 0.717) is 0 Å². The molecule has 128 valence electrons. The number of ketones is 1. The molecule has 3 aliphatic heterocycles. The predicted octanol–water partition coefficient (Wildman–Crippen LogP) is 1.96. The molecule has 0 saturated carbocycles. The first-order chi connectivity index (χ1) is 12.0. The van der Waals surface area contributed by atoms with Crippen LogP contribution in [0.4, 0.5) is 5.69 Å². The number of Topliss-reactive ketones (excluding diaryl/α,β-unsaturated/α-hetero) is 1. The van der Waals surface area contributed by atoms with Gasteiger partial charge in [-0.3, -0.25) is 19.3 Å². The van der Waals surface area contributed by atoms with E-state index in [4.69, 9.17) is 0 Å². The Hall–Kier alpha value is -2.69. The fourth-order valence-corrected chi connectivity index (χ4v) is 4.52. The molecule has 0 aromatic heterocycles. The van der Waals surface area contributed by atoms with Crippen molar-refractivity contribution in [3.8, 4) is 0 Å². The Bertz CT molecular complexity index is 841. The van der Waals surface area contributed by atoms with Crippen molar-refractivity contribution < 1.29 is 14.4 Å². The maximum Gasteiger partial charge on any atom is 0.236 e. The number of fused-ring (bicyclic) bond motifs is 5. The molecule has 3 heterocycles. The zero-order valence-corrected chi connectivity index (χ0v) is 14.3. The van der Waals surface area contributed by atoms with Crippen molar-refractivity contribution in [3.63, 3.8) is 0 Å². The van der Waals surface area contributed by atoms with Crippen LogP contribution in [0.5, 0.6) is 0 Å². The maximum atomic E-state index is 12.9. The Kier molecular flexibility index (Phi) is 3.42. The van der Waals surface area contributed by atoms with Crippen LogP contribution in [-0.4, -0.2) is 41.1 Å². The molecule has 1 aromatic carbocycles. The molecular formula is C20H20N2O3. The summed E-state index contributed by atoms with van der Waals surface area (Å²) in [6, 6.07) is 5.16. The Morgan fingerprint density at radius 2 is 1.96 bits per heavy atom. The van der Waals surface area contributed by atoms with Crippen LogP contribution in [-0.2, 0) is 14.4 Å². The van der Waals surface area contributed by atoms with Crippen molar-refractivity contribution in [1.82, 2.24) is 4.90 Å². The minimum atomic E-state index is -0.619. The Morgan fingerprint density at radius 3 is 2.64 bits per heavy atom. The second kappa shape index (κ2) is 5.41. The number of benzene rings is 1. The van der Waals surface area contributed by atoms with Gasteiger partial charge in [0.1, 0.15) is 6.04 Å². The summed E-state index contributed by atoms with van der Waals surface area (Å²) >= 11 is 0. The van der Waals surface area contributed by atoms with Crippen molar-refractivity contribution in [1.29, 1.82) is 0 Å². The van der Waals surface area contributed by atoms with E-state index in [1.165, 1.54) is 11.8 Å². The summed E-state index contributed by atoms with van der Waals surface area (Å²) in [5.74, 6) is -1.67. The number of carbonyl (C=O) groups excluding carboxylic acids is 3. The molecule has 3 aliphatic rings. The van der Waals surface area contributed by atoms with Crippen molar-refractivity contribution in [2.45, 2.75) is 25.9 Å². The standard InChI is InChI=1S/C20H20N2O3/c1-4-9-21-19(24)16-15-8-6-13-10-11(2)5-7-14(13)22(15)18(12(3)23)17(16)20(21)25/h4-8,10,15-18H,1,9H2,2-3H3/t15?,16-,17-,18?/m0/s1. The zero-order valence-electron chi connectivity index (χ0n) is 14.3. The first kappa shape index (κ1) is 15.8. The quantitative estimate of drug-likeness (QED) is 0.625. The Labute approximate surface area is 146 Å². The summed E-state index contributed by atoms with van der Waals surface area (Å²) < 4.78 is 0. The van der Waals surface area contributed by atoms with E-state index < -0.39 is 17.9 Å². The van der Waals surface area contributed by atoms with Crippen LogP contribution in [0.3, 0.4) is 0 Å². The van der Waals surface area contributed by atoms with Gasteiger partial charge in [0.15, 0.2) is 5.78 Å². The molecule has 0 N–H and O–H groups in total. The number of rotatable bonds is 3. The number of carbonyl (C=O) groups is 3. The van der Waals surface area contributed by atoms with Crippen LogP contribution in [0.15, 0.2) is 36.9 Å². The van der Waals surface area contributed by atoms with Crippen molar-refractivity contribution in [2.75, 3.05) is 11.4 Å². The van der Waals surface area contributed by atoms with Gasteiger partial charge in [-0.15, -0.1) is 6.58 Å². The molecule has 0 bridgehead atoms. The number of anilines is 1. The van der Waals surface area contributed by atoms with Crippen molar-refractivity contribution in [3.05, 3.63) is 48.1 Å². The van der Waals surface area contributed by atoms with E-state index in [2.05, 4.69) is 12.6 Å². The van der Waals surface area contributed by atoms with Crippen molar-refractivity contribution in [2.24, 2.45) is 11.8 Å². The topological polar surface area (TPSA) is 57.7 Å². The van der Waals surface area contributed by atoms with E-state index in [1.54, 1.807) is 6.08 Å². The highest BCUT2D eigenvalue weighted by Gasteiger charge is 2.63. The third-order valence-electron chi connectivity index (χ3n) is 5.48. The van der Waals surface area contributed by atoms with E-state index in [-0.39, 0.29) is 30.2 Å². The number of aryl methyl sites for hydroxylation is 1. The van der Waals surface area contributed by atoms with E-state index in [9.17, 15) is 14.4 Å². The summed E-state index contributed by atoms with van der Waals surface area (Å²) in [5.41, 5.74) is 3.07. The van der Waals surface area contributed by atoms with Gasteiger partial charge in [-0.2, -0.15) is 0 Å². The van der Waals surface area contributed by atoms with Crippen LogP contribution < -0.4 is 4.90 Å². The largest absolute Gasteiger partial charge is 0.353 e. The second-order valence-electron chi connectivity index (χ2n) is 7.00. The number of amides is 2. The minimum Gasteiger partial charge on any atom is -0.353 e. The number of nitrogens with zero attached hydrogens (tertiary/aromatic N) is 2. The lowest BCUT2D eigenvalue weighted by atomic mass is 9.88. The highest BCUT2D eigenvalue weighted by atomic mass is 16.2. The molecular weight excluding hydrogens is 316 g/mol. The predicted molar refractivity (Wildman–Crippen MR) is 94.8 cm³/mol. The molecule has 2 amide bonds. The van der Waals surface area contributed by atoms with Gasteiger partial charge in [-0.25, -0.2) is 0 Å². The van der Waals surface area contributed by atoms with E-state index in [1.807, 2.05) is 36.1 Å². The molecule has 0 spiro atoms. The van der Waals surface area contributed by atoms with Gasteiger partial charge in [-0.05, 0) is 31.5 Å². The van der Waals surface area contributed by atoms with Gasteiger partial charge in [0.05, 0.1) is 17.9 Å². The lowest BCUT2D eigenvalue weighted by Crippen LogP contribution is -2.48. The fraction of sp³-hybridized carbons (Fsp3) is 0.350. The van der Waals surface area contributed by atoms with Gasteiger partial charge >= 0.3 is 0 Å². The average molecular weight is 336 g/mol. The van der Waals surface area contributed by atoms with Gasteiger partial charge in [-0.1, -0.05) is 29.9 Å². The van der Waals surface area contributed by atoms with Gasteiger partial charge in [0, 0.05) is 12.2 Å². The Balaban J connectivity index is 1.85. The smallest absolute Gasteiger partial charge is 0.236 e. The average Bonchev–Trinajstić information content (AvgIpc) is 3.04. The summed E-state index contributed by atoms with van der Waals surface area (Å²) in [6.07, 6.45) is 5.51. The molecule has 25 heavy (non-hydrogen) atoms. The highest BCUT2D eigenvalue weighted by molar-refractivity contribution is 6.11. The number of hydrogen-bond donors (Lipinski definition) is 0. The Morgan fingerprint density at radius 1 is 1.24 bits per heavy atom. The lowest BCUT2D eigenvalue weighted by Gasteiger charge is -2.36. The molecule has 0 radical (unpaired) electrons. The molecule has 2 saturated heterocycles. The maximum absolute atomic E-state index is 12.9. The summed E-state index contributed by atoms with van der Waals surface area (Å²) in [4.78, 5) is 41.4. The molecule has 0 aliphatic carbocycles. The van der Waals surface area contributed by atoms with Crippen LogP contribution in [0.1, 0.15) is 18.1 Å². The van der Waals surface area contributed by atoms with E-state index in [0.717, 1.165) is 16.8 Å². The van der Waals surface area contributed by atoms with Crippen LogP contribution in [0.25, 0.3) is 6.08 Å². The molecule has 5 nitrogen and oxygen atoms in total. The molecule has 2 unspecified atom stereocenters. The minimum absolute atomic E-state index is 0.0825. The zero-order chi connectivity index (χ0) is 17.9. The van der Waals surface area contributed by atoms with Gasteiger partial charge in [0.25, 0.3) is 0 Å². The SMILES string of the molecule is C=CCN1C(=O)[C@@H]2C(C(C)=O)N3c4ccc(C)cc4C=CC3[C@@H]2C1=O. The van der Waals surface area contributed by atoms with E-state index >= 15 is 0 Å². The van der Waals surface area contributed by atoms with Crippen LogP contribution in [0, 0.1) is 18.8 Å². The summed E-state index contributed by atoms with van der Waals surface area (Å²) in [6.45, 7) is 7.34. The van der Waals surface area contributed by atoms with Crippen LogP contribution >= 0.6 is 0 Å². The first-order valence-electron chi connectivity index (χ1n) is 8.49. The van der Waals surface area contributed by atoms with Gasteiger partial charge < -0.3 is 4.90 Å². The number of likely N-dealkylation sites (tertiary alicyclic amines) is 1. The monoisotopic (exact) mass is 336 g/mol. The molecule has 5 heteroatoms. The number of hydrogen-bond acceptors (Lipinski definition) is 4. The number of imide groups is 1. The lowest BCUT2D eigenvalue weighted by molar-refractivity contribution is -0.140. The third kappa shape index (κ3) is 2.05. The fourth-order valence-electron chi connectivity index (χ4n) is 4.52. The third-order valence-corrected chi connectivity index (χ3v) is 5.48. The summed E-state index contributed by atoms with van der Waals surface area (Å²) in [7, 11) is 0. The molecule has 4 rings (SSSR count). The molecule has 4 atom stereocenters. The first-order valence-corrected chi connectivity index (χ1v) is 8.49.